The van der Waals surface area contributed by atoms with Gasteiger partial charge in [-0.05, 0) is 36.1 Å². The van der Waals surface area contributed by atoms with Crippen molar-refractivity contribution in [1.29, 1.82) is 0 Å². The van der Waals surface area contributed by atoms with E-state index in [1.165, 1.54) is 0 Å². The van der Waals surface area contributed by atoms with E-state index in [0.29, 0.717) is 12.2 Å². The number of hydrogen-bond donors (Lipinski definition) is 2. The minimum absolute atomic E-state index is 0.0753. The van der Waals surface area contributed by atoms with Gasteiger partial charge in [0.25, 0.3) is 0 Å². The molecule has 5 heteroatoms. The van der Waals surface area contributed by atoms with Crippen LogP contribution in [0.2, 0.25) is 0 Å². The van der Waals surface area contributed by atoms with Gasteiger partial charge in [-0.15, -0.1) is 0 Å². The molecule has 112 valence electrons. The van der Waals surface area contributed by atoms with Gasteiger partial charge in [0, 0.05) is 6.54 Å². The van der Waals surface area contributed by atoms with Gasteiger partial charge in [0.15, 0.2) is 0 Å². The van der Waals surface area contributed by atoms with Crippen LogP contribution in [-0.4, -0.2) is 8.42 Å². The van der Waals surface area contributed by atoms with Crippen molar-refractivity contribution in [2.24, 2.45) is 5.73 Å². The molecule has 21 heavy (non-hydrogen) atoms. The zero-order chi connectivity index (χ0) is 15.5. The van der Waals surface area contributed by atoms with Crippen LogP contribution in [0.5, 0.6) is 0 Å². The average Bonchev–Trinajstić information content (AvgIpc) is 2.43. The summed E-state index contributed by atoms with van der Waals surface area (Å²) in [6, 6.07) is 13.0. The molecular weight excluding hydrogens is 284 g/mol. The van der Waals surface area contributed by atoms with Crippen LogP contribution in [0.1, 0.15) is 22.3 Å². The highest BCUT2D eigenvalue weighted by Gasteiger charge is 2.16. The summed E-state index contributed by atoms with van der Waals surface area (Å²) in [5.74, 6) is -0.0753. The Balaban J connectivity index is 2.27. The molecule has 0 atom stereocenters. The van der Waals surface area contributed by atoms with Crippen LogP contribution in [0.3, 0.4) is 0 Å². The second-order valence-electron chi connectivity index (χ2n) is 5.10. The van der Waals surface area contributed by atoms with E-state index in [2.05, 4.69) is 4.72 Å². The maximum Gasteiger partial charge on any atom is 0.236 e. The summed E-state index contributed by atoms with van der Waals surface area (Å²) < 4.78 is 27.5. The van der Waals surface area contributed by atoms with E-state index >= 15 is 0 Å². The molecule has 2 rings (SSSR count). The standard InChI is InChI=1S/C16H20N2O2S/c1-12-6-5-7-13(2)16(12)18-21(19,20)11-15-9-4-3-8-14(15)10-17/h3-9,18H,10-11,17H2,1-2H3. The predicted octanol–water partition coefficient (Wildman–Crippen LogP) is 2.70. The predicted molar refractivity (Wildman–Crippen MR) is 86.5 cm³/mol. The maximum absolute atomic E-state index is 12.4. The van der Waals surface area contributed by atoms with E-state index in [4.69, 9.17) is 5.73 Å². The smallest absolute Gasteiger partial charge is 0.236 e. The molecule has 0 saturated heterocycles. The van der Waals surface area contributed by atoms with Gasteiger partial charge in [0.05, 0.1) is 11.4 Å². The minimum Gasteiger partial charge on any atom is -0.326 e. The fourth-order valence-corrected chi connectivity index (χ4v) is 3.67. The monoisotopic (exact) mass is 304 g/mol. The lowest BCUT2D eigenvalue weighted by molar-refractivity contribution is 0.600. The molecule has 4 nitrogen and oxygen atoms in total. The number of sulfonamides is 1. The summed E-state index contributed by atoms with van der Waals surface area (Å²) in [6.07, 6.45) is 0. The third kappa shape index (κ3) is 3.83. The first-order chi connectivity index (χ1) is 9.93. The van der Waals surface area contributed by atoms with Gasteiger partial charge in [-0.25, -0.2) is 8.42 Å². The Morgan fingerprint density at radius 2 is 1.52 bits per heavy atom. The number of para-hydroxylation sites is 1. The zero-order valence-electron chi connectivity index (χ0n) is 12.3. The molecule has 3 N–H and O–H groups in total. The number of anilines is 1. The fourth-order valence-electron chi connectivity index (χ4n) is 2.27. The fraction of sp³-hybridized carbons (Fsp3) is 0.250. The Kier molecular flexibility index (Phi) is 4.65. The van der Waals surface area contributed by atoms with E-state index in [-0.39, 0.29) is 5.75 Å². The first-order valence-electron chi connectivity index (χ1n) is 6.76. The SMILES string of the molecule is Cc1cccc(C)c1NS(=O)(=O)Cc1ccccc1CN. The van der Waals surface area contributed by atoms with Crippen LogP contribution in [-0.2, 0) is 22.3 Å². The number of hydrogen-bond acceptors (Lipinski definition) is 3. The van der Waals surface area contributed by atoms with Gasteiger partial charge in [0.2, 0.25) is 10.0 Å². The minimum atomic E-state index is -3.47. The van der Waals surface area contributed by atoms with Crippen molar-refractivity contribution in [2.45, 2.75) is 26.1 Å². The lowest BCUT2D eigenvalue weighted by atomic mass is 10.1. The number of nitrogens with two attached hydrogens (primary N) is 1. The molecule has 0 unspecified atom stereocenters. The van der Waals surface area contributed by atoms with E-state index in [1.54, 1.807) is 6.07 Å². The van der Waals surface area contributed by atoms with E-state index in [1.807, 2.05) is 50.2 Å². The quantitative estimate of drug-likeness (QED) is 0.892. The van der Waals surface area contributed by atoms with Crippen molar-refractivity contribution >= 4 is 15.7 Å². The molecule has 2 aromatic rings. The number of benzene rings is 2. The van der Waals surface area contributed by atoms with E-state index < -0.39 is 10.0 Å². The molecule has 0 aliphatic carbocycles. The second-order valence-corrected chi connectivity index (χ2v) is 6.82. The van der Waals surface area contributed by atoms with Gasteiger partial charge < -0.3 is 5.73 Å². The summed E-state index contributed by atoms with van der Waals surface area (Å²) in [6.45, 7) is 4.10. The Bertz CT molecular complexity index is 719. The normalized spacial score (nSPS) is 11.4. The van der Waals surface area contributed by atoms with Gasteiger partial charge in [-0.3, -0.25) is 4.72 Å². The summed E-state index contributed by atoms with van der Waals surface area (Å²) in [7, 11) is -3.47. The van der Waals surface area contributed by atoms with E-state index in [0.717, 1.165) is 22.3 Å². The molecular formula is C16H20N2O2S. The van der Waals surface area contributed by atoms with Crippen molar-refractivity contribution in [3.8, 4) is 0 Å². The maximum atomic E-state index is 12.4. The number of aryl methyl sites for hydroxylation is 2. The first kappa shape index (κ1) is 15.5. The van der Waals surface area contributed by atoms with Crippen molar-refractivity contribution in [2.75, 3.05) is 4.72 Å². The van der Waals surface area contributed by atoms with Gasteiger partial charge in [0.1, 0.15) is 0 Å². The number of nitrogens with one attached hydrogen (secondary N) is 1. The van der Waals surface area contributed by atoms with Crippen LogP contribution in [0.4, 0.5) is 5.69 Å². The molecule has 0 heterocycles. The summed E-state index contributed by atoms with van der Waals surface area (Å²) >= 11 is 0. The first-order valence-corrected chi connectivity index (χ1v) is 8.42. The van der Waals surface area contributed by atoms with Crippen LogP contribution in [0.15, 0.2) is 42.5 Å². The summed E-state index contributed by atoms with van der Waals surface area (Å²) in [5.41, 5.74) is 9.71. The van der Waals surface area contributed by atoms with Crippen LogP contribution in [0.25, 0.3) is 0 Å². The van der Waals surface area contributed by atoms with Crippen LogP contribution in [0, 0.1) is 13.8 Å². The molecule has 0 aromatic heterocycles. The van der Waals surface area contributed by atoms with Crippen molar-refractivity contribution in [1.82, 2.24) is 0 Å². The Hall–Kier alpha value is -1.85. The highest BCUT2D eigenvalue weighted by Crippen LogP contribution is 2.22. The third-order valence-electron chi connectivity index (χ3n) is 3.42. The van der Waals surface area contributed by atoms with Crippen LogP contribution >= 0.6 is 0 Å². The lowest BCUT2D eigenvalue weighted by Crippen LogP contribution is -2.18. The van der Waals surface area contributed by atoms with Crippen LogP contribution < -0.4 is 10.5 Å². The third-order valence-corrected chi connectivity index (χ3v) is 4.63. The van der Waals surface area contributed by atoms with Gasteiger partial charge in [-0.2, -0.15) is 0 Å². The highest BCUT2D eigenvalue weighted by molar-refractivity contribution is 7.91. The molecule has 0 spiro atoms. The molecule has 0 saturated carbocycles. The molecule has 0 radical (unpaired) electrons. The molecule has 0 aliphatic heterocycles. The molecule has 0 aliphatic rings. The van der Waals surface area contributed by atoms with Crippen molar-refractivity contribution in [3.63, 3.8) is 0 Å². The summed E-state index contributed by atoms with van der Waals surface area (Å²) in [4.78, 5) is 0. The zero-order valence-corrected chi connectivity index (χ0v) is 13.1. The molecule has 0 bridgehead atoms. The largest absolute Gasteiger partial charge is 0.326 e. The molecule has 0 amide bonds. The lowest BCUT2D eigenvalue weighted by Gasteiger charge is -2.14. The number of rotatable bonds is 5. The van der Waals surface area contributed by atoms with Crippen molar-refractivity contribution in [3.05, 3.63) is 64.7 Å². The highest BCUT2D eigenvalue weighted by atomic mass is 32.2. The Morgan fingerprint density at radius 1 is 0.952 bits per heavy atom. The second kappa shape index (κ2) is 6.28. The van der Waals surface area contributed by atoms with Crippen molar-refractivity contribution < 1.29 is 8.42 Å². The Morgan fingerprint density at radius 3 is 2.10 bits per heavy atom. The topological polar surface area (TPSA) is 72.2 Å². The molecule has 0 fully saturated rings. The molecule has 2 aromatic carbocycles. The average molecular weight is 304 g/mol. The van der Waals surface area contributed by atoms with Gasteiger partial charge in [-0.1, -0.05) is 42.5 Å². The Labute approximate surface area is 126 Å². The summed E-state index contributed by atoms with van der Waals surface area (Å²) in [5, 5.41) is 0. The van der Waals surface area contributed by atoms with Gasteiger partial charge >= 0.3 is 0 Å². The van der Waals surface area contributed by atoms with E-state index in [9.17, 15) is 8.42 Å².